The summed E-state index contributed by atoms with van der Waals surface area (Å²) in [6.07, 6.45) is -2.79. The van der Waals surface area contributed by atoms with Gasteiger partial charge < -0.3 is 39.0 Å². The van der Waals surface area contributed by atoms with Gasteiger partial charge in [-0.25, -0.2) is 0 Å². The first-order valence-electron chi connectivity index (χ1n) is 26.0. The number of hydrogen-bond acceptors (Lipinski definition) is 9. The largest absolute Gasteiger partial charge is 0.481 e. The van der Waals surface area contributed by atoms with Crippen molar-refractivity contribution >= 4 is 88.5 Å². The molecule has 0 fully saturated rings. The average molecular weight is 1020 g/mol. The molecule has 12 heteroatoms. The van der Waals surface area contributed by atoms with Gasteiger partial charge in [-0.05, 0) is 121 Å². The Balaban J connectivity index is 1.16. The van der Waals surface area contributed by atoms with Gasteiger partial charge in [0.2, 0.25) is 0 Å². The molecule has 0 bridgehead atoms. The van der Waals surface area contributed by atoms with Crippen LogP contribution < -0.4 is 0 Å². The molecular weight excluding hydrogens is 961 g/mol. The molecule has 390 valence electrons. The summed E-state index contributed by atoms with van der Waals surface area (Å²) in [7, 11) is 0. The summed E-state index contributed by atoms with van der Waals surface area (Å²) in [5, 5.41) is 43.3. The van der Waals surface area contributed by atoms with E-state index in [1.807, 2.05) is 158 Å². The minimum Gasteiger partial charge on any atom is -0.481 e. The molecule has 9 aromatic rings. The molecule has 0 aromatic heterocycles. The Bertz CT molecular complexity index is 3240. The number of carbonyl (C=O) groups excluding carboxylic acids is 1. The highest BCUT2D eigenvalue weighted by molar-refractivity contribution is 6.07. The standard InChI is InChI=1S/C64H62O12/c1-3-74-60(58(62(68)69)56-49-27-13-7-21-43(49)36-44-22-8-14-28-50(44)56)64(39-72-33-17-31-54(65)66,61(75-4-2)59(63(70)71)57-51-29-15-9-23-45(51)37-46-24-10-16-30-52(46)57)40-73-34-18-32-55(67)76-38-53-47-25-11-5-19-41(47)35-42-20-6-12-26-48(42)53/h5-16,19-30,35-37,58-61H,3-4,17-18,31-34,38-40H2,1-2H3,(H,65,66)(H,68,69)(H,70,71). The summed E-state index contributed by atoms with van der Waals surface area (Å²) in [6.45, 7) is 2.69. The zero-order valence-electron chi connectivity index (χ0n) is 42.7. The molecule has 3 N–H and O–H groups in total. The van der Waals surface area contributed by atoms with Crippen LogP contribution in [0.15, 0.2) is 164 Å². The van der Waals surface area contributed by atoms with E-state index in [1.54, 1.807) is 13.8 Å². The maximum absolute atomic E-state index is 14.6. The van der Waals surface area contributed by atoms with Crippen LogP contribution in [0.2, 0.25) is 0 Å². The van der Waals surface area contributed by atoms with Crippen molar-refractivity contribution < 1.29 is 58.2 Å². The molecule has 0 radical (unpaired) electrons. The number of aliphatic carboxylic acids is 3. The molecule has 0 aliphatic heterocycles. The minimum absolute atomic E-state index is 0.0104. The van der Waals surface area contributed by atoms with Crippen molar-refractivity contribution in [3.8, 4) is 0 Å². The first-order valence-corrected chi connectivity index (χ1v) is 26.0. The predicted molar refractivity (Wildman–Crippen MR) is 296 cm³/mol. The summed E-state index contributed by atoms with van der Waals surface area (Å²) < 4.78 is 33.0. The lowest BCUT2D eigenvalue weighted by atomic mass is 9.65. The van der Waals surface area contributed by atoms with Crippen molar-refractivity contribution in [3.05, 3.63) is 180 Å². The Kier molecular flexibility index (Phi) is 17.0. The van der Waals surface area contributed by atoms with Crippen LogP contribution in [0.4, 0.5) is 0 Å². The van der Waals surface area contributed by atoms with Crippen LogP contribution in [-0.2, 0) is 49.5 Å². The van der Waals surface area contributed by atoms with Gasteiger partial charge in [0.25, 0.3) is 0 Å². The second kappa shape index (κ2) is 24.3. The molecule has 4 atom stereocenters. The predicted octanol–water partition coefficient (Wildman–Crippen LogP) is 12.9. The number of fused-ring (bicyclic) bond motifs is 6. The topological polar surface area (TPSA) is 175 Å². The Hall–Kier alpha value is -7.74. The van der Waals surface area contributed by atoms with Crippen LogP contribution in [0.1, 0.15) is 68.1 Å². The van der Waals surface area contributed by atoms with Crippen molar-refractivity contribution in [1.29, 1.82) is 0 Å². The Morgan fingerprint density at radius 2 is 0.789 bits per heavy atom. The lowest BCUT2D eigenvalue weighted by Gasteiger charge is -2.49. The fourth-order valence-corrected chi connectivity index (χ4v) is 11.3. The highest BCUT2D eigenvalue weighted by Gasteiger charge is 2.57. The first kappa shape index (κ1) is 53.1. The second-order valence-corrected chi connectivity index (χ2v) is 19.2. The normalized spacial score (nSPS) is 14.2. The van der Waals surface area contributed by atoms with Crippen LogP contribution in [0.25, 0.3) is 64.6 Å². The highest BCUT2D eigenvalue weighted by atomic mass is 16.5. The molecule has 0 aliphatic carbocycles. The van der Waals surface area contributed by atoms with Crippen molar-refractivity contribution in [2.45, 2.75) is 70.2 Å². The van der Waals surface area contributed by atoms with Crippen molar-refractivity contribution in [2.75, 3.05) is 39.6 Å². The van der Waals surface area contributed by atoms with E-state index in [1.165, 1.54) is 0 Å². The van der Waals surface area contributed by atoms with Crippen molar-refractivity contribution in [1.82, 2.24) is 0 Å². The van der Waals surface area contributed by atoms with Gasteiger partial charge >= 0.3 is 23.9 Å². The number of rotatable bonds is 26. The second-order valence-electron chi connectivity index (χ2n) is 19.2. The van der Waals surface area contributed by atoms with Gasteiger partial charge in [0, 0.05) is 44.8 Å². The third-order valence-corrected chi connectivity index (χ3v) is 14.6. The Morgan fingerprint density at radius 3 is 1.13 bits per heavy atom. The van der Waals surface area contributed by atoms with Crippen LogP contribution >= 0.6 is 0 Å². The molecule has 0 amide bonds. The highest BCUT2D eigenvalue weighted by Crippen LogP contribution is 2.50. The molecule has 9 rings (SSSR count). The number of esters is 1. The number of hydrogen-bond donors (Lipinski definition) is 3. The van der Waals surface area contributed by atoms with Crippen LogP contribution in [-0.4, -0.2) is 91.0 Å². The lowest BCUT2D eigenvalue weighted by molar-refractivity contribution is -0.200. The Labute approximate surface area is 440 Å². The van der Waals surface area contributed by atoms with E-state index in [-0.39, 0.29) is 71.9 Å². The molecule has 76 heavy (non-hydrogen) atoms. The summed E-state index contributed by atoms with van der Waals surface area (Å²) >= 11 is 0. The molecule has 0 saturated heterocycles. The van der Waals surface area contributed by atoms with Crippen LogP contribution in [0, 0.1) is 5.41 Å². The van der Waals surface area contributed by atoms with Gasteiger partial charge in [-0.15, -0.1) is 0 Å². The summed E-state index contributed by atoms with van der Waals surface area (Å²) in [5.41, 5.74) is 0.00547. The van der Waals surface area contributed by atoms with E-state index < -0.39 is 53.3 Å². The van der Waals surface area contributed by atoms with E-state index in [2.05, 4.69) is 6.07 Å². The molecule has 9 aromatic carbocycles. The van der Waals surface area contributed by atoms with Crippen molar-refractivity contribution in [2.24, 2.45) is 5.41 Å². The third kappa shape index (κ3) is 11.1. The zero-order valence-corrected chi connectivity index (χ0v) is 42.7. The number of benzene rings is 9. The third-order valence-electron chi connectivity index (χ3n) is 14.6. The number of carboxylic acids is 3. The van der Waals surface area contributed by atoms with E-state index >= 15 is 0 Å². The number of carboxylic acid groups (broad SMARTS) is 3. The fourth-order valence-electron chi connectivity index (χ4n) is 11.3. The molecule has 0 heterocycles. The monoisotopic (exact) mass is 1020 g/mol. The first-order chi connectivity index (χ1) is 37.0. The van der Waals surface area contributed by atoms with E-state index in [0.29, 0.717) is 32.7 Å². The Morgan fingerprint density at radius 1 is 0.461 bits per heavy atom. The number of carbonyl (C=O) groups is 4. The molecule has 0 saturated carbocycles. The SMILES string of the molecule is CCOC(C(C(=O)O)c1c2ccccc2cc2ccccc12)C(COCCCC(=O)O)(COCCCC(=O)OCc1c2ccccc2cc2ccccc12)C(OCC)C(C(=O)O)c1c2ccccc2cc2ccccc12. The van der Waals surface area contributed by atoms with Gasteiger partial charge in [0.15, 0.2) is 0 Å². The van der Waals surface area contributed by atoms with Crippen LogP contribution in [0.5, 0.6) is 0 Å². The van der Waals surface area contributed by atoms with Gasteiger partial charge in [0.05, 0.1) is 30.8 Å². The summed E-state index contributed by atoms with van der Waals surface area (Å²) in [6, 6.07) is 52.2. The van der Waals surface area contributed by atoms with Gasteiger partial charge in [-0.1, -0.05) is 146 Å². The minimum atomic E-state index is -1.80. The van der Waals surface area contributed by atoms with E-state index in [4.69, 9.17) is 23.7 Å². The molecule has 12 nitrogen and oxygen atoms in total. The smallest absolute Gasteiger partial charge is 0.313 e. The molecule has 0 aliphatic rings. The summed E-state index contributed by atoms with van der Waals surface area (Å²) in [4.78, 5) is 54.7. The van der Waals surface area contributed by atoms with Gasteiger partial charge in [0.1, 0.15) is 18.4 Å². The van der Waals surface area contributed by atoms with E-state index in [9.17, 15) is 34.5 Å². The maximum Gasteiger partial charge on any atom is 0.313 e. The molecular formula is C64H62O12. The molecule has 4 unspecified atom stereocenters. The maximum atomic E-state index is 14.6. The van der Waals surface area contributed by atoms with Gasteiger partial charge in [-0.2, -0.15) is 0 Å². The average Bonchev–Trinajstić information content (AvgIpc) is 3.43. The van der Waals surface area contributed by atoms with E-state index in [0.717, 1.165) is 48.7 Å². The quantitative estimate of drug-likeness (QED) is 0.0266. The van der Waals surface area contributed by atoms with Crippen LogP contribution in [0.3, 0.4) is 0 Å². The number of ether oxygens (including phenoxy) is 5. The summed E-state index contributed by atoms with van der Waals surface area (Å²) in [5.74, 6) is -6.95. The zero-order chi connectivity index (χ0) is 53.2. The molecule has 0 spiro atoms. The fraction of sp³-hybridized carbons (Fsp3) is 0.281. The van der Waals surface area contributed by atoms with Crippen molar-refractivity contribution in [3.63, 3.8) is 0 Å². The van der Waals surface area contributed by atoms with Gasteiger partial charge in [-0.3, -0.25) is 19.2 Å². The lowest BCUT2D eigenvalue weighted by Crippen LogP contribution is -2.60.